The van der Waals surface area contributed by atoms with Gasteiger partial charge in [-0.15, -0.1) is 0 Å². The maximum atomic E-state index is 12.9. The summed E-state index contributed by atoms with van der Waals surface area (Å²) in [5.41, 5.74) is 2.77. The van der Waals surface area contributed by atoms with Crippen molar-refractivity contribution in [2.75, 3.05) is 0 Å². The number of carbonyl (C=O) groups excluding carboxylic acids is 1. The van der Waals surface area contributed by atoms with Crippen LogP contribution in [0.2, 0.25) is 0 Å². The van der Waals surface area contributed by atoms with Gasteiger partial charge in [-0.25, -0.2) is 14.8 Å². The third kappa shape index (κ3) is 2.91. The number of rotatable bonds is 2. The van der Waals surface area contributed by atoms with Crippen molar-refractivity contribution >= 4 is 27.8 Å². The van der Waals surface area contributed by atoms with E-state index in [2.05, 4.69) is 25.9 Å². The van der Waals surface area contributed by atoms with Crippen LogP contribution >= 0.6 is 15.9 Å². The summed E-state index contributed by atoms with van der Waals surface area (Å²) in [6.07, 6.45) is 1.74. The van der Waals surface area contributed by atoms with E-state index in [0.717, 1.165) is 15.6 Å². The quantitative estimate of drug-likeness (QED) is 0.852. The summed E-state index contributed by atoms with van der Waals surface area (Å²) in [5, 5.41) is 9.59. The van der Waals surface area contributed by atoms with Crippen LogP contribution in [0.5, 0.6) is 0 Å². The molecule has 1 aliphatic heterocycles. The van der Waals surface area contributed by atoms with Crippen molar-refractivity contribution in [2.24, 2.45) is 0 Å². The first-order valence-corrected chi connectivity index (χ1v) is 8.28. The van der Waals surface area contributed by atoms with Gasteiger partial charge in [0.1, 0.15) is 11.9 Å². The fourth-order valence-corrected chi connectivity index (χ4v) is 3.53. The van der Waals surface area contributed by atoms with E-state index < -0.39 is 12.0 Å². The Kier molecular flexibility index (Phi) is 4.36. The van der Waals surface area contributed by atoms with Crippen molar-refractivity contribution in [1.82, 2.24) is 14.9 Å². The Balaban J connectivity index is 2.02. The van der Waals surface area contributed by atoms with Crippen LogP contribution in [-0.2, 0) is 17.8 Å². The van der Waals surface area contributed by atoms with Gasteiger partial charge in [-0.1, -0.05) is 28.1 Å². The highest BCUT2D eigenvalue weighted by atomic mass is 79.9. The van der Waals surface area contributed by atoms with Crippen LogP contribution in [-0.4, -0.2) is 37.9 Å². The summed E-state index contributed by atoms with van der Waals surface area (Å²) >= 11 is 3.46. The zero-order valence-corrected chi connectivity index (χ0v) is 14.9. The largest absolute Gasteiger partial charge is 0.480 e. The van der Waals surface area contributed by atoms with E-state index in [1.54, 1.807) is 13.8 Å². The number of carboxylic acid groups (broad SMARTS) is 1. The van der Waals surface area contributed by atoms with Gasteiger partial charge in [0.2, 0.25) is 0 Å². The number of aliphatic carboxylic acids is 1. The molecule has 0 aliphatic carbocycles. The number of carboxylic acids is 1. The molecule has 0 saturated heterocycles. The van der Waals surface area contributed by atoms with Gasteiger partial charge in [0.15, 0.2) is 0 Å². The van der Waals surface area contributed by atoms with E-state index in [1.807, 2.05) is 18.2 Å². The van der Waals surface area contributed by atoms with Gasteiger partial charge in [-0.3, -0.25) is 4.79 Å². The Morgan fingerprint density at radius 2 is 2.08 bits per heavy atom. The summed E-state index contributed by atoms with van der Waals surface area (Å²) in [4.78, 5) is 34.3. The van der Waals surface area contributed by atoms with E-state index in [-0.39, 0.29) is 18.9 Å². The molecule has 0 saturated carbocycles. The van der Waals surface area contributed by atoms with Crippen LogP contribution in [0.3, 0.4) is 0 Å². The molecule has 1 aromatic heterocycles. The highest BCUT2D eigenvalue weighted by Crippen LogP contribution is 2.30. The number of nitrogens with zero attached hydrogens (tertiary/aromatic N) is 3. The van der Waals surface area contributed by atoms with E-state index in [9.17, 15) is 14.7 Å². The maximum Gasteiger partial charge on any atom is 0.326 e. The number of hydrogen-bond acceptors (Lipinski definition) is 4. The molecule has 1 unspecified atom stereocenters. The zero-order valence-electron chi connectivity index (χ0n) is 13.3. The van der Waals surface area contributed by atoms with Crippen molar-refractivity contribution in [3.05, 3.63) is 57.1 Å². The Morgan fingerprint density at radius 3 is 2.75 bits per heavy atom. The Labute approximate surface area is 147 Å². The standard InChI is InChI=1S/C17H16BrN3O3/c1-9-13(7-19-10(2)20-9)16(22)21-8-11-4-3-5-14(18)12(11)6-15(21)17(23)24/h3-5,7,15H,6,8H2,1-2H3,(H,23,24). The molecule has 3 rings (SSSR count). The predicted octanol–water partition coefficient (Wildman–Crippen LogP) is 2.51. The third-order valence-corrected chi connectivity index (χ3v) is 4.95. The Morgan fingerprint density at radius 1 is 1.33 bits per heavy atom. The van der Waals surface area contributed by atoms with Crippen LogP contribution < -0.4 is 0 Å². The SMILES string of the molecule is Cc1ncc(C(=O)N2Cc3cccc(Br)c3CC2C(=O)O)c(C)n1. The number of aromatic nitrogens is 2. The molecular weight excluding hydrogens is 374 g/mol. The van der Waals surface area contributed by atoms with Crippen LogP contribution in [0.25, 0.3) is 0 Å². The van der Waals surface area contributed by atoms with Gasteiger partial charge in [0.05, 0.1) is 11.3 Å². The van der Waals surface area contributed by atoms with Crippen molar-refractivity contribution < 1.29 is 14.7 Å². The average Bonchev–Trinajstić information content (AvgIpc) is 2.53. The molecule has 2 aromatic rings. The summed E-state index contributed by atoms with van der Waals surface area (Å²) in [7, 11) is 0. The van der Waals surface area contributed by atoms with E-state index in [4.69, 9.17) is 0 Å². The smallest absolute Gasteiger partial charge is 0.326 e. The third-order valence-electron chi connectivity index (χ3n) is 4.21. The molecule has 1 aromatic carbocycles. The number of hydrogen-bond donors (Lipinski definition) is 1. The number of fused-ring (bicyclic) bond motifs is 1. The number of carbonyl (C=O) groups is 2. The minimum absolute atomic E-state index is 0.248. The highest BCUT2D eigenvalue weighted by molar-refractivity contribution is 9.10. The molecule has 1 amide bonds. The van der Waals surface area contributed by atoms with E-state index in [1.165, 1.54) is 11.1 Å². The average molecular weight is 390 g/mol. The minimum atomic E-state index is -1.02. The highest BCUT2D eigenvalue weighted by Gasteiger charge is 2.36. The summed E-state index contributed by atoms with van der Waals surface area (Å²) in [6, 6.07) is 4.77. The van der Waals surface area contributed by atoms with Crippen LogP contribution in [0.15, 0.2) is 28.9 Å². The van der Waals surface area contributed by atoms with Crippen LogP contribution in [0.4, 0.5) is 0 Å². The molecule has 0 spiro atoms. The molecule has 0 bridgehead atoms. The second-order valence-corrected chi connectivity index (χ2v) is 6.64. The lowest BCUT2D eigenvalue weighted by molar-refractivity contribution is -0.142. The predicted molar refractivity (Wildman–Crippen MR) is 90.6 cm³/mol. The van der Waals surface area contributed by atoms with Crippen LogP contribution in [0, 0.1) is 13.8 Å². The minimum Gasteiger partial charge on any atom is -0.480 e. The normalized spacial score (nSPS) is 16.6. The van der Waals surface area contributed by atoms with Gasteiger partial charge in [0, 0.05) is 23.6 Å². The lowest BCUT2D eigenvalue weighted by Crippen LogP contribution is -2.49. The number of amides is 1. The topological polar surface area (TPSA) is 83.4 Å². The van der Waals surface area contributed by atoms with Crippen molar-refractivity contribution in [3.63, 3.8) is 0 Å². The van der Waals surface area contributed by atoms with Gasteiger partial charge in [-0.05, 0) is 31.0 Å². The molecule has 1 N–H and O–H groups in total. The lowest BCUT2D eigenvalue weighted by Gasteiger charge is -2.35. The molecule has 1 atom stereocenters. The van der Waals surface area contributed by atoms with Gasteiger partial charge in [-0.2, -0.15) is 0 Å². The molecular formula is C17H16BrN3O3. The van der Waals surface area contributed by atoms with E-state index >= 15 is 0 Å². The second-order valence-electron chi connectivity index (χ2n) is 5.79. The van der Waals surface area contributed by atoms with Crippen LogP contribution in [0.1, 0.15) is 33.0 Å². The molecule has 6 nitrogen and oxygen atoms in total. The molecule has 7 heteroatoms. The first-order chi connectivity index (χ1) is 11.4. The molecule has 1 aliphatic rings. The molecule has 24 heavy (non-hydrogen) atoms. The first kappa shape index (κ1) is 16.6. The van der Waals surface area contributed by atoms with Crippen molar-refractivity contribution in [2.45, 2.75) is 32.9 Å². The van der Waals surface area contributed by atoms with Gasteiger partial charge < -0.3 is 10.0 Å². The summed E-state index contributed by atoms with van der Waals surface area (Å²) in [5.74, 6) is -0.798. The monoisotopic (exact) mass is 389 g/mol. The Hall–Kier alpha value is -2.28. The van der Waals surface area contributed by atoms with Crippen molar-refractivity contribution in [1.29, 1.82) is 0 Å². The molecule has 124 valence electrons. The van der Waals surface area contributed by atoms with E-state index in [0.29, 0.717) is 17.1 Å². The van der Waals surface area contributed by atoms with Gasteiger partial charge >= 0.3 is 5.97 Å². The maximum absolute atomic E-state index is 12.9. The summed E-state index contributed by atoms with van der Waals surface area (Å²) < 4.78 is 0.869. The van der Waals surface area contributed by atoms with Crippen molar-refractivity contribution in [3.8, 4) is 0 Å². The zero-order chi connectivity index (χ0) is 17.4. The fraction of sp³-hybridized carbons (Fsp3) is 0.294. The van der Waals surface area contributed by atoms with Gasteiger partial charge in [0.25, 0.3) is 5.91 Å². The second kappa shape index (κ2) is 6.32. The lowest BCUT2D eigenvalue weighted by atomic mass is 9.93. The summed E-state index contributed by atoms with van der Waals surface area (Å²) in [6.45, 7) is 3.72. The Bertz CT molecular complexity index is 838. The fourth-order valence-electron chi connectivity index (χ4n) is 2.96. The molecule has 0 fully saturated rings. The number of aryl methyl sites for hydroxylation is 2. The first-order valence-electron chi connectivity index (χ1n) is 7.48. The molecule has 0 radical (unpaired) electrons. The number of benzene rings is 1. The number of halogens is 1. The molecule has 2 heterocycles.